The van der Waals surface area contributed by atoms with Crippen molar-refractivity contribution in [3.63, 3.8) is 0 Å². The van der Waals surface area contributed by atoms with Gasteiger partial charge in [0.2, 0.25) is 5.91 Å². The van der Waals surface area contributed by atoms with Crippen LogP contribution in [0.15, 0.2) is 35.5 Å². The molecule has 142 valence electrons. The maximum atomic E-state index is 12.5. The minimum Gasteiger partial charge on any atom is -0.306 e. The summed E-state index contributed by atoms with van der Waals surface area (Å²) in [7, 11) is 0. The summed E-state index contributed by atoms with van der Waals surface area (Å²) in [6.45, 7) is 8.64. The SMILES string of the molecule is CCn1c(Cc2ccccc2)nnc1S[C@H](C)C(=O)Nc1nc(C)c(C)s1. The summed E-state index contributed by atoms with van der Waals surface area (Å²) in [6, 6.07) is 10.2. The van der Waals surface area contributed by atoms with Crippen LogP contribution >= 0.6 is 23.1 Å². The van der Waals surface area contributed by atoms with Crippen molar-refractivity contribution in [2.24, 2.45) is 0 Å². The zero-order chi connectivity index (χ0) is 19.4. The number of aryl methyl sites for hydroxylation is 2. The smallest absolute Gasteiger partial charge is 0.239 e. The van der Waals surface area contributed by atoms with E-state index in [-0.39, 0.29) is 11.2 Å². The Morgan fingerprint density at radius 2 is 2.00 bits per heavy atom. The number of nitrogens with zero attached hydrogens (tertiary/aromatic N) is 4. The Labute approximate surface area is 167 Å². The van der Waals surface area contributed by atoms with E-state index >= 15 is 0 Å². The third-order valence-electron chi connectivity index (χ3n) is 4.22. The van der Waals surface area contributed by atoms with Crippen molar-refractivity contribution >= 4 is 34.1 Å². The van der Waals surface area contributed by atoms with Crippen LogP contribution in [0.5, 0.6) is 0 Å². The molecule has 0 saturated carbocycles. The Morgan fingerprint density at radius 1 is 1.26 bits per heavy atom. The van der Waals surface area contributed by atoms with Gasteiger partial charge in [0, 0.05) is 17.8 Å². The number of carbonyl (C=O) groups is 1. The molecule has 0 fully saturated rings. The van der Waals surface area contributed by atoms with Crippen LogP contribution in [0.2, 0.25) is 0 Å². The van der Waals surface area contributed by atoms with Gasteiger partial charge in [-0.2, -0.15) is 0 Å². The highest BCUT2D eigenvalue weighted by Crippen LogP contribution is 2.26. The molecule has 27 heavy (non-hydrogen) atoms. The van der Waals surface area contributed by atoms with Gasteiger partial charge in [-0.05, 0) is 33.3 Å². The molecule has 0 saturated heterocycles. The summed E-state index contributed by atoms with van der Waals surface area (Å²) in [5.41, 5.74) is 2.14. The molecule has 0 bridgehead atoms. The summed E-state index contributed by atoms with van der Waals surface area (Å²) in [5, 5.41) is 12.7. The molecule has 0 spiro atoms. The van der Waals surface area contributed by atoms with E-state index in [0.29, 0.717) is 5.13 Å². The predicted molar refractivity (Wildman–Crippen MR) is 110 cm³/mol. The minimum absolute atomic E-state index is 0.0796. The van der Waals surface area contributed by atoms with Gasteiger partial charge < -0.3 is 9.88 Å². The second-order valence-electron chi connectivity index (χ2n) is 6.22. The Hall–Kier alpha value is -2.19. The first-order valence-electron chi connectivity index (χ1n) is 8.85. The van der Waals surface area contributed by atoms with Crippen molar-refractivity contribution in [3.8, 4) is 0 Å². The summed E-state index contributed by atoms with van der Waals surface area (Å²) >= 11 is 2.91. The average molecular weight is 402 g/mol. The van der Waals surface area contributed by atoms with Crippen LogP contribution in [0.1, 0.15) is 35.8 Å². The molecule has 2 aromatic heterocycles. The first kappa shape index (κ1) is 19.6. The average Bonchev–Trinajstić information content (AvgIpc) is 3.17. The topological polar surface area (TPSA) is 72.7 Å². The first-order valence-corrected chi connectivity index (χ1v) is 10.5. The number of nitrogens with one attached hydrogen (secondary N) is 1. The maximum absolute atomic E-state index is 12.5. The Morgan fingerprint density at radius 3 is 2.63 bits per heavy atom. The van der Waals surface area contributed by atoms with Crippen LogP contribution in [-0.4, -0.2) is 30.9 Å². The number of rotatable bonds is 7. The van der Waals surface area contributed by atoms with Crippen LogP contribution < -0.4 is 5.32 Å². The van der Waals surface area contributed by atoms with Gasteiger partial charge >= 0.3 is 0 Å². The quantitative estimate of drug-likeness (QED) is 0.604. The summed E-state index contributed by atoms with van der Waals surface area (Å²) in [6.07, 6.45) is 0.723. The van der Waals surface area contributed by atoms with Crippen LogP contribution in [-0.2, 0) is 17.8 Å². The second-order valence-corrected chi connectivity index (χ2v) is 8.73. The third-order valence-corrected chi connectivity index (χ3v) is 6.29. The number of thioether (sulfide) groups is 1. The van der Waals surface area contributed by atoms with Gasteiger partial charge in [-0.15, -0.1) is 21.5 Å². The molecule has 0 aliphatic carbocycles. The van der Waals surface area contributed by atoms with Crippen molar-refractivity contribution < 1.29 is 4.79 Å². The zero-order valence-corrected chi connectivity index (χ0v) is 17.5. The van der Waals surface area contributed by atoms with Crippen LogP contribution in [0.25, 0.3) is 0 Å². The molecule has 0 aliphatic rings. The molecule has 6 nitrogen and oxygen atoms in total. The monoisotopic (exact) mass is 401 g/mol. The van der Waals surface area contributed by atoms with Crippen molar-refractivity contribution in [3.05, 3.63) is 52.3 Å². The van der Waals surface area contributed by atoms with E-state index in [4.69, 9.17) is 0 Å². The van der Waals surface area contributed by atoms with Gasteiger partial charge in [-0.3, -0.25) is 4.79 Å². The lowest BCUT2D eigenvalue weighted by atomic mass is 10.1. The lowest BCUT2D eigenvalue weighted by Crippen LogP contribution is -2.23. The highest BCUT2D eigenvalue weighted by Gasteiger charge is 2.21. The van der Waals surface area contributed by atoms with Gasteiger partial charge in [0.25, 0.3) is 0 Å². The number of anilines is 1. The first-order chi connectivity index (χ1) is 13.0. The highest BCUT2D eigenvalue weighted by atomic mass is 32.2. The molecule has 3 aromatic rings. The Kier molecular flexibility index (Phi) is 6.28. The number of hydrogen-bond acceptors (Lipinski definition) is 6. The van der Waals surface area contributed by atoms with E-state index < -0.39 is 0 Å². The Bertz CT molecular complexity index is 900. The summed E-state index contributed by atoms with van der Waals surface area (Å²) in [4.78, 5) is 18.0. The number of aromatic nitrogens is 4. The van der Waals surface area contributed by atoms with E-state index in [0.717, 1.165) is 34.5 Å². The molecule has 1 aromatic carbocycles. The largest absolute Gasteiger partial charge is 0.306 e. The molecule has 0 radical (unpaired) electrons. The highest BCUT2D eigenvalue weighted by molar-refractivity contribution is 8.00. The predicted octanol–water partition coefficient (Wildman–Crippen LogP) is 4.08. The van der Waals surface area contributed by atoms with Crippen molar-refractivity contribution in [1.82, 2.24) is 19.7 Å². The van der Waals surface area contributed by atoms with Crippen LogP contribution in [0.3, 0.4) is 0 Å². The van der Waals surface area contributed by atoms with Crippen molar-refractivity contribution in [2.75, 3.05) is 5.32 Å². The van der Waals surface area contributed by atoms with Crippen LogP contribution in [0, 0.1) is 13.8 Å². The van der Waals surface area contributed by atoms with E-state index in [1.165, 1.54) is 28.7 Å². The fraction of sp³-hybridized carbons (Fsp3) is 0.368. The lowest BCUT2D eigenvalue weighted by molar-refractivity contribution is -0.115. The number of hydrogen-bond donors (Lipinski definition) is 1. The fourth-order valence-electron chi connectivity index (χ4n) is 2.58. The molecule has 1 atom stereocenters. The molecule has 1 amide bonds. The standard InChI is InChI=1S/C19H23N5OS2/c1-5-24-16(11-15-9-7-6-8-10-15)22-23-19(24)27-14(4)17(25)21-18-20-12(2)13(3)26-18/h6-10,14H,5,11H2,1-4H3,(H,20,21,25)/t14-/m1/s1. The number of thiazole rings is 1. The maximum Gasteiger partial charge on any atom is 0.239 e. The zero-order valence-electron chi connectivity index (χ0n) is 15.9. The summed E-state index contributed by atoms with van der Waals surface area (Å²) in [5.74, 6) is 0.828. The van der Waals surface area contributed by atoms with Crippen molar-refractivity contribution in [2.45, 2.75) is 51.1 Å². The van der Waals surface area contributed by atoms with E-state index in [9.17, 15) is 4.79 Å². The Balaban J connectivity index is 1.68. The van der Waals surface area contributed by atoms with E-state index in [1.54, 1.807) is 0 Å². The third kappa shape index (κ3) is 4.75. The number of amides is 1. The molecule has 2 heterocycles. The minimum atomic E-state index is -0.298. The molecular weight excluding hydrogens is 378 g/mol. The number of carbonyl (C=O) groups excluding carboxylic acids is 1. The molecule has 8 heteroatoms. The normalized spacial score (nSPS) is 12.1. The van der Waals surface area contributed by atoms with Crippen molar-refractivity contribution in [1.29, 1.82) is 0 Å². The molecule has 0 unspecified atom stereocenters. The fourth-order valence-corrected chi connectivity index (χ4v) is 4.33. The van der Waals surface area contributed by atoms with E-state index in [2.05, 4.69) is 44.1 Å². The lowest BCUT2D eigenvalue weighted by Gasteiger charge is -2.11. The van der Waals surface area contributed by atoms with Gasteiger partial charge in [-0.25, -0.2) is 4.98 Å². The van der Waals surface area contributed by atoms with Gasteiger partial charge in [0.15, 0.2) is 10.3 Å². The van der Waals surface area contributed by atoms with Gasteiger partial charge in [0.05, 0.1) is 10.9 Å². The van der Waals surface area contributed by atoms with Crippen LogP contribution in [0.4, 0.5) is 5.13 Å². The number of benzene rings is 1. The molecular formula is C19H23N5OS2. The summed E-state index contributed by atoms with van der Waals surface area (Å²) < 4.78 is 2.07. The van der Waals surface area contributed by atoms with Gasteiger partial charge in [0.1, 0.15) is 5.82 Å². The molecule has 3 rings (SSSR count). The molecule has 0 aliphatic heterocycles. The second kappa shape index (κ2) is 8.67. The van der Waals surface area contributed by atoms with Gasteiger partial charge in [-0.1, -0.05) is 42.1 Å². The van der Waals surface area contributed by atoms with E-state index in [1.807, 2.05) is 39.0 Å². The molecule has 1 N–H and O–H groups in total.